The van der Waals surface area contributed by atoms with Crippen LogP contribution in [0.4, 0.5) is 0 Å². The Balaban J connectivity index is 0.00000410. The van der Waals surface area contributed by atoms with Crippen molar-refractivity contribution in [3.63, 3.8) is 0 Å². The third kappa shape index (κ3) is 6.21. The molecule has 0 saturated heterocycles. The average molecular weight is 908 g/mol. The van der Waals surface area contributed by atoms with E-state index in [2.05, 4.69) is 128 Å². The van der Waals surface area contributed by atoms with Gasteiger partial charge in [-0.3, -0.25) is 4.98 Å². The average Bonchev–Trinajstić information content (AvgIpc) is 3.55. The van der Waals surface area contributed by atoms with Crippen LogP contribution in [0.25, 0.3) is 66.8 Å². The van der Waals surface area contributed by atoms with Crippen LogP contribution in [0.2, 0.25) is 0 Å². The Morgan fingerprint density at radius 2 is 1.45 bits per heavy atom. The van der Waals surface area contributed by atoms with E-state index in [1.165, 1.54) is 64.9 Å². The van der Waals surface area contributed by atoms with Gasteiger partial charge in [0, 0.05) is 32.1 Å². The number of hydrogen-bond donors (Lipinski definition) is 1. The second-order valence-corrected chi connectivity index (χ2v) is 16.5. The zero-order valence-corrected chi connectivity index (χ0v) is 34.3. The van der Waals surface area contributed by atoms with E-state index < -0.39 is 0 Å². The minimum absolute atomic E-state index is 0. The Morgan fingerprint density at radius 1 is 0.696 bits per heavy atom. The summed E-state index contributed by atoms with van der Waals surface area (Å²) < 4.78 is 2.54. The SMILES string of the molecule is CC(C)(C)c1cc(-c2ccc3c(n2)-c2[c-]ccc4c5cc(C6CCCCC6)ccc5n(c24)B3c2ccccc2)nc(-c2cc(-c3ccccc3)ccc2O)c1.[Pt]. The van der Waals surface area contributed by atoms with Gasteiger partial charge in [0.15, 0.2) is 0 Å². The first-order chi connectivity index (χ1) is 26.8. The summed E-state index contributed by atoms with van der Waals surface area (Å²) in [7, 11) is 0. The van der Waals surface area contributed by atoms with Crippen LogP contribution in [-0.2, 0) is 26.5 Å². The molecule has 8 aromatic rings. The fraction of sp³-hybridized carbons (Fsp3) is 0.200. The summed E-state index contributed by atoms with van der Waals surface area (Å²) in [6.45, 7) is 6.60. The molecule has 0 bridgehead atoms. The fourth-order valence-corrected chi connectivity index (χ4v) is 9.12. The zero-order valence-electron chi connectivity index (χ0n) is 32.0. The third-order valence-corrected chi connectivity index (χ3v) is 12.0. The summed E-state index contributed by atoms with van der Waals surface area (Å²) in [6, 6.07) is 50.8. The van der Waals surface area contributed by atoms with Crippen molar-refractivity contribution in [3.8, 4) is 50.8 Å². The minimum Gasteiger partial charge on any atom is -0.507 e. The molecule has 4 heterocycles. The molecule has 1 fully saturated rings. The van der Waals surface area contributed by atoms with Gasteiger partial charge < -0.3 is 9.58 Å². The molecule has 1 aliphatic carbocycles. The third-order valence-electron chi connectivity index (χ3n) is 12.0. The maximum Gasteiger partial charge on any atom is 0.311 e. The number of nitrogens with zero attached hydrogens (tertiary/aromatic N) is 3. The van der Waals surface area contributed by atoms with Crippen LogP contribution in [0.15, 0.2) is 133 Å². The van der Waals surface area contributed by atoms with Crippen molar-refractivity contribution in [1.82, 2.24) is 14.4 Å². The van der Waals surface area contributed by atoms with Gasteiger partial charge in [-0.05, 0) is 99.4 Å². The monoisotopic (exact) mass is 907 g/mol. The molecule has 56 heavy (non-hydrogen) atoms. The molecule has 0 spiro atoms. The molecule has 2 aliphatic rings. The predicted octanol–water partition coefficient (Wildman–Crippen LogP) is 11.1. The molecule has 1 saturated carbocycles. The van der Waals surface area contributed by atoms with Crippen LogP contribution in [0.1, 0.15) is 69.9 Å². The van der Waals surface area contributed by atoms with Crippen LogP contribution < -0.4 is 10.9 Å². The number of fused-ring (bicyclic) bond motifs is 5. The van der Waals surface area contributed by atoms with Crippen molar-refractivity contribution in [2.45, 2.75) is 64.2 Å². The summed E-state index contributed by atoms with van der Waals surface area (Å²) in [5, 5.41) is 13.8. The van der Waals surface area contributed by atoms with E-state index >= 15 is 0 Å². The fourth-order valence-electron chi connectivity index (χ4n) is 9.12. The molecule has 0 unspecified atom stereocenters. The topological polar surface area (TPSA) is 50.9 Å². The van der Waals surface area contributed by atoms with Crippen LogP contribution >= 0.6 is 0 Å². The second kappa shape index (κ2) is 14.4. The standard InChI is InChI=1S/C50H43BN3O.Pt/c1-50(2,3)36-30-44(41-29-35(23-27-47(41)55)33-16-9-5-10-17-33)52-45(31-36)43-25-24-42-48(53-43)39-21-13-20-38-40-28-34(32-14-7-4-8-15-32)22-26-46(40)54(49(38)39)51(42)37-18-11-6-12-19-37;/h5-6,9-13,16-20,22-32,55H,4,7-8,14-15H2,1-3H3;/q-1;. The van der Waals surface area contributed by atoms with E-state index in [9.17, 15) is 5.11 Å². The first-order valence-electron chi connectivity index (χ1n) is 19.8. The second-order valence-electron chi connectivity index (χ2n) is 16.5. The number of pyridine rings is 2. The molecule has 0 radical (unpaired) electrons. The normalized spacial score (nSPS) is 14.2. The van der Waals surface area contributed by atoms with E-state index in [-0.39, 0.29) is 39.1 Å². The van der Waals surface area contributed by atoms with Crippen molar-refractivity contribution < 1.29 is 26.2 Å². The summed E-state index contributed by atoms with van der Waals surface area (Å²) in [5.74, 6) is 0.834. The molecule has 0 amide bonds. The molecule has 0 atom stereocenters. The minimum atomic E-state index is -0.164. The Morgan fingerprint density at radius 3 is 2.21 bits per heavy atom. The molecule has 1 aliphatic heterocycles. The van der Waals surface area contributed by atoms with Crippen LogP contribution in [0, 0.1) is 6.07 Å². The van der Waals surface area contributed by atoms with Gasteiger partial charge in [0.1, 0.15) is 5.75 Å². The number of benzene rings is 5. The Hall–Kier alpha value is -5.25. The van der Waals surface area contributed by atoms with Gasteiger partial charge in [-0.1, -0.05) is 141 Å². The van der Waals surface area contributed by atoms with Gasteiger partial charge in [0.05, 0.1) is 17.1 Å². The summed E-state index contributed by atoms with van der Waals surface area (Å²) >= 11 is 0. The summed E-state index contributed by atoms with van der Waals surface area (Å²) in [5.41, 5.74) is 14.3. The van der Waals surface area contributed by atoms with Crippen LogP contribution in [-0.4, -0.2) is 26.4 Å². The molecule has 6 heteroatoms. The Bertz CT molecular complexity index is 2750. The molecular weight excluding hydrogens is 864 g/mol. The van der Waals surface area contributed by atoms with Crippen molar-refractivity contribution in [3.05, 3.63) is 151 Å². The van der Waals surface area contributed by atoms with Crippen molar-refractivity contribution in [1.29, 1.82) is 0 Å². The van der Waals surface area contributed by atoms with Gasteiger partial charge in [0.25, 0.3) is 0 Å². The maximum atomic E-state index is 11.3. The molecular formula is C50H43BN3OPt-. The van der Waals surface area contributed by atoms with E-state index in [1.54, 1.807) is 6.07 Å². The van der Waals surface area contributed by atoms with Crippen LogP contribution in [0.3, 0.4) is 0 Å². The smallest absolute Gasteiger partial charge is 0.311 e. The number of aromatic hydroxyl groups is 1. The van der Waals surface area contributed by atoms with Crippen LogP contribution in [0.5, 0.6) is 5.75 Å². The Labute approximate surface area is 344 Å². The van der Waals surface area contributed by atoms with E-state index in [0.717, 1.165) is 50.5 Å². The first-order valence-corrected chi connectivity index (χ1v) is 19.8. The summed E-state index contributed by atoms with van der Waals surface area (Å²) in [6.07, 6.45) is 6.54. The van der Waals surface area contributed by atoms with Crippen molar-refractivity contribution in [2.75, 3.05) is 0 Å². The van der Waals surface area contributed by atoms with Crippen molar-refractivity contribution >= 4 is 39.6 Å². The van der Waals surface area contributed by atoms with Crippen molar-refractivity contribution in [2.24, 2.45) is 0 Å². The largest absolute Gasteiger partial charge is 0.507 e. The number of rotatable bonds is 5. The Kier molecular flexibility index (Phi) is 9.33. The molecule has 278 valence electrons. The molecule has 3 aromatic heterocycles. The molecule has 4 nitrogen and oxygen atoms in total. The van der Waals surface area contributed by atoms with E-state index in [1.807, 2.05) is 30.3 Å². The maximum absolute atomic E-state index is 11.3. The van der Waals surface area contributed by atoms with E-state index in [0.29, 0.717) is 11.5 Å². The number of aromatic nitrogens is 3. The zero-order chi connectivity index (χ0) is 37.3. The van der Waals surface area contributed by atoms with Gasteiger partial charge >= 0.3 is 6.85 Å². The molecule has 5 aromatic carbocycles. The van der Waals surface area contributed by atoms with E-state index in [4.69, 9.17) is 9.97 Å². The van der Waals surface area contributed by atoms with Gasteiger partial charge in [-0.15, -0.1) is 23.8 Å². The van der Waals surface area contributed by atoms with Gasteiger partial charge in [0.2, 0.25) is 0 Å². The number of phenols is 1. The number of phenolic OH excluding ortho intramolecular Hbond substituents is 1. The van der Waals surface area contributed by atoms with Gasteiger partial charge in [-0.2, -0.15) is 0 Å². The van der Waals surface area contributed by atoms with Gasteiger partial charge in [-0.25, -0.2) is 4.98 Å². The molecule has 10 rings (SSSR count). The quantitative estimate of drug-likeness (QED) is 0.138. The predicted molar refractivity (Wildman–Crippen MR) is 229 cm³/mol. The first kappa shape index (κ1) is 36.4. The summed E-state index contributed by atoms with van der Waals surface area (Å²) in [4.78, 5) is 10.8. The number of hydrogen-bond acceptors (Lipinski definition) is 3. The molecule has 1 N–H and O–H groups in total.